The van der Waals surface area contributed by atoms with Crippen LogP contribution < -0.4 is 5.73 Å². The van der Waals surface area contributed by atoms with Crippen LogP contribution in [0.15, 0.2) is 28.8 Å². The van der Waals surface area contributed by atoms with E-state index in [0.717, 1.165) is 16.1 Å². The monoisotopic (exact) mass is 222 g/mol. The first kappa shape index (κ1) is 10.2. The van der Waals surface area contributed by atoms with Crippen LogP contribution >= 0.6 is 11.6 Å². The Morgan fingerprint density at radius 2 is 2.27 bits per heavy atom. The van der Waals surface area contributed by atoms with Crippen LogP contribution in [-0.4, -0.2) is 4.98 Å². The van der Waals surface area contributed by atoms with Gasteiger partial charge in [-0.25, -0.2) is 4.98 Å². The largest absolute Gasteiger partial charge is 0.439 e. The van der Waals surface area contributed by atoms with E-state index in [-0.39, 0.29) is 0 Å². The van der Waals surface area contributed by atoms with Gasteiger partial charge in [0.15, 0.2) is 5.76 Å². The van der Waals surface area contributed by atoms with Gasteiger partial charge in [-0.3, -0.25) is 0 Å². The summed E-state index contributed by atoms with van der Waals surface area (Å²) in [6, 6.07) is 5.75. The Balaban J connectivity index is 2.40. The molecule has 0 spiro atoms. The zero-order chi connectivity index (χ0) is 10.8. The molecule has 4 heteroatoms. The quantitative estimate of drug-likeness (QED) is 0.850. The summed E-state index contributed by atoms with van der Waals surface area (Å²) in [4.78, 5) is 4.03. The summed E-state index contributed by atoms with van der Waals surface area (Å²) in [5.74, 6) is 1.22. The van der Waals surface area contributed by atoms with Crippen molar-refractivity contribution in [2.45, 2.75) is 13.5 Å². The van der Waals surface area contributed by atoms with Crippen LogP contribution in [0.1, 0.15) is 11.5 Å². The first-order valence-corrected chi connectivity index (χ1v) is 5.00. The standard InChI is InChI=1S/C11H11ClN2O/c1-7-2-3-8(4-9(7)12)10-6-14-11(5-13)15-10/h2-4,6H,5,13H2,1H3. The molecule has 0 fully saturated rings. The molecule has 0 atom stereocenters. The van der Waals surface area contributed by atoms with Crippen LogP contribution in [0, 0.1) is 6.92 Å². The summed E-state index contributed by atoms with van der Waals surface area (Å²) in [6.45, 7) is 2.26. The molecule has 0 saturated heterocycles. The normalized spacial score (nSPS) is 10.6. The second-order valence-corrected chi connectivity index (χ2v) is 3.69. The van der Waals surface area contributed by atoms with Gasteiger partial charge in [-0.15, -0.1) is 0 Å². The van der Waals surface area contributed by atoms with Gasteiger partial charge in [0.2, 0.25) is 5.89 Å². The minimum Gasteiger partial charge on any atom is -0.439 e. The number of halogens is 1. The predicted molar refractivity (Wildman–Crippen MR) is 59.6 cm³/mol. The number of aromatic nitrogens is 1. The second kappa shape index (κ2) is 4.04. The number of nitrogens with two attached hydrogens (primary N) is 1. The van der Waals surface area contributed by atoms with Gasteiger partial charge in [0.25, 0.3) is 0 Å². The Kier molecular flexibility index (Phi) is 2.75. The van der Waals surface area contributed by atoms with Gasteiger partial charge >= 0.3 is 0 Å². The van der Waals surface area contributed by atoms with Crippen molar-refractivity contribution in [3.8, 4) is 11.3 Å². The molecule has 3 nitrogen and oxygen atoms in total. The third-order valence-corrected chi connectivity index (χ3v) is 2.59. The van der Waals surface area contributed by atoms with Crippen molar-refractivity contribution < 1.29 is 4.42 Å². The average molecular weight is 223 g/mol. The van der Waals surface area contributed by atoms with E-state index in [1.54, 1.807) is 6.20 Å². The third-order valence-electron chi connectivity index (χ3n) is 2.18. The molecule has 2 rings (SSSR count). The summed E-state index contributed by atoms with van der Waals surface area (Å²) in [5, 5.41) is 0.721. The number of benzene rings is 1. The molecule has 1 aromatic heterocycles. The molecule has 0 bridgehead atoms. The number of rotatable bonds is 2. The topological polar surface area (TPSA) is 52.0 Å². The van der Waals surface area contributed by atoms with Crippen molar-refractivity contribution in [2.24, 2.45) is 5.73 Å². The molecule has 0 aliphatic rings. The molecule has 0 saturated carbocycles. The SMILES string of the molecule is Cc1ccc(-c2cnc(CN)o2)cc1Cl. The highest BCUT2D eigenvalue weighted by atomic mass is 35.5. The van der Waals surface area contributed by atoms with E-state index < -0.39 is 0 Å². The van der Waals surface area contributed by atoms with Gasteiger partial charge in [0, 0.05) is 10.6 Å². The predicted octanol–water partition coefficient (Wildman–Crippen LogP) is 2.76. The van der Waals surface area contributed by atoms with E-state index in [9.17, 15) is 0 Å². The van der Waals surface area contributed by atoms with Gasteiger partial charge in [-0.05, 0) is 18.6 Å². The van der Waals surface area contributed by atoms with Crippen LogP contribution in [0.2, 0.25) is 5.02 Å². The van der Waals surface area contributed by atoms with E-state index in [4.69, 9.17) is 21.8 Å². The Morgan fingerprint density at radius 3 is 2.87 bits per heavy atom. The molecule has 0 amide bonds. The Morgan fingerprint density at radius 1 is 1.47 bits per heavy atom. The number of hydrogen-bond acceptors (Lipinski definition) is 3. The van der Waals surface area contributed by atoms with Gasteiger partial charge in [-0.2, -0.15) is 0 Å². The van der Waals surface area contributed by atoms with E-state index >= 15 is 0 Å². The Labute approximate surface area is 92.9 Å². The summed E-state index contributed by atoms with van der Waals surface area (Å²) in [5.41, 5.74) is 7.37. The molecular formula is C11H11ClN2O. The minimum atomic E-state index is 0.305. The van der Waals surface area contributed by atoms with Gasteiger partial charge in [0.1, 0.15) is 0 Å². The lowest BCUT2D eigenvalue weighted by Crippen LogP contribution is -1.94. The molecule has 15 heavy (non-hydrogen) atoms. The van der Waals surface area contributed by atoms with Crippen LogP contribution in [0.5, 0.6) is 0 Å². The van der Waals surface area contributed by atoms with Crippen LogP contribution in [0.3, 0.4) is 0 Å². The highest BCUT2D eigenvalue weighted by Crippen LogP contribution is 2.25. The Bertz CT molecular complexity index is 479. The maximum atomic E-state index is 6.02. The van der Waals surface area contributed by atoms with Crippen molar-refractivity contribution in [2.75, 3.05) is 0 Å². The summed E-state index contributed by atoms with van der Waals surface area (Å²) in [7, 11) is 0. The lowest BCUT2D eigenvalue weighted by atomic mass is 10.1. The molecule has 0 radical (unpaired) electrons. The van der Waals surface area contributed by atoms with Crippen molar-refractivity contribution in [3.05, 3.63) is 40.9 Å². The zero-order valence-electron chi connectivity index (χ0n) is 8.33. The highest BCUT2D eigenvalue weighted by molar-refractivity contribution is 6.31. The van der Waals surface area contributed by atoms with E-state index in [1.165, 1.54) is 0 Å². The molecule has 1 heterocycles. The fraction of sp³-hybridized carbons (Fsp3) is 0.182. The fourth-order valence-corrected chi connectivity index (χ4v) is 1.46. The van der Waals surface area contributed by atoms with Crippen LogP contribution in [0.25, 0.3) is 11.3 Å². The second-order valence-electron chi connectivity index (χ2n) is 3.29. The molecule has 0 aliphatic heterocycles. The first-order valence-electron chi connectivity index (χ1n) is 4.62. The Hall–Kier alpha value is -1.32. The van der Waals surface area contributed by atoms with E-state index in [0.29, 0.717) is 18.2 Å². The molecule has 78 valence electrons. The van der Waals surface area contributed by atoms with Crippen molar-refractivity contribution in [1.29, 1.82) is 0 Å². The van der Waals surface area contributed by atoms with Crippen molar-refractivity contribution in [1.82, 2.24) is 4.98 Å². The molecule has 2 aromatic rings. The van der Waals surface area contributed by atoms with Crippen LogP contribution in [0.4, 0.5) is 0 Å². The van der Waals surface area contributed by atoms with Gasteiger partial charge in [-0.1, -0.05) is 23.7 Å². The van der Waals surface area contributed by atoms with Crippen molar-refractivity contribution in [3.63, 3.8) is 0 Å². The lowest BCUT2D eigenvalue weighted by Gasteiger charge is -2.00. The first-order chi connectivity index (χ1) is 7.20. The highest BCUT2D eigenvalue weighted by Gasteiger charge is 2.06. The van der Waals surface area contributed by atoms with Gasteiger partial charge < -0.3 is 10.2 Å². The minimum absolute atomic E-state index is 0.305. The molecule has 0 unspecified atom stereocenters. The summed E-state index contributed by atoms with van der Waals surface area (Å²) >= 11 is 6.02. The van der Waals surface area contributed by atoms with Crippen molar-refractivity contribution >= 4 is 11.6 Å². The molecule has 2 N–H and O–H groups in total. The number of hydrogen-bond donors (Lipinski definition) is 1. The summed E-state index contributed by atoms with van der Waals surface area (Å²) in [6.07, 6.45) is 1.66. The fourth-order valence-electron chi connectivity index (χ4n) is 1.28. The summed E-state index contributed by atoms with van der Waals surface area (Å²) < 4.78 is 5.42. The average Bonchev–Trinajstić information content (AvgIpc) is 2.70. The van der Waals surface area contributed by atoms with E-state index in [1.807, 2.05) is 25.1 Å². The number of oxazole rings is 1. The maximum absolute atomic E-state index is 6.02. The third kappa shape index (κ3) is 2.03. The number of nitrogens with zero attached hydrogens (tertiary/aromatic N) is 1. The molecule has 0 aliphatic carbocycles. The molecular weight excluding hydrogens is 212 g/mol. The maximum Gasteiger partial charge on any atom is 0.208 e. The van der Waals surface area contributed by atoms with E-state index in [2.05, 4.69) is 4.98 Å². The zero-order valence-corrected chi connectivity index (χ0v) is 9.08. The smallest absolute Gasteiger partial charge is 0.208 e. The van der Waals surface area contributed by atoms with Crippen LogP contribution in [-0.2, 0) is 6.54 Å². The molecule has 1 aromatic carbocycles. The number of aryl methyl sites for hydroxylation is 1. The van der Waals surface area contributed by atoms with Gasteiger partial charge in [0.05, 0.1) is 12.7 Å². The lowest BCUT2D eigenvalue weighted by molar-refractivity contribution is 0.509.